The summed E-state index contributed by atoms with van der Waals surface area (Å²) in [7, 11) is -2.05. The van der Waals surface area contributed by atoms with Crippen molar-refractivity contribution in [3.8, 4) is 0 Å². The number of aliphatic hydroxyl groups is 1. The fourth-order valence-electron chi connectivity index (χ4n) is 1.46. The molecule has 0 amide bonds. The summed E-state index contributed by atoms with van der Waals surface area (Å²) < 4.78 is 31.3. The maximum atomic E-state index is 12.0. The molecule has 0 fully saturated rings. The van der Waals surface area contributed by atoms with E-state index in [0.29, 0.717) is 13.0 Å². The van der Waals surface area contributed by atoms with Crippen LogP contribution < -0.4 is 4.72 Å². The van der Waals surface area contributed by atoms with Crippen molar-refractivity contribution < 1.29 is 18.3 Å². The normalized spacial score (nSPS) is 15.2. The van der Waals surface area contributed by atoms with Crippen LogP contribution in [-0.4, -0.2) is 39.4 Å². The average molecular weight is 287 g/mol. The molecule has 19 heavy (non-hydrogen) atoms. The molecule has 1 aromatic carbocycles. The van der Waals surface area contributed by atoms with Gasteiger partial charge in [-0.3, -0.25) is 0 Å². The van der Waals surface area contributed by atoms with E-state index < -0.39 is 15.6 Å². The molecule has 0 heterocycles. The standard InChI is InChI=1S/C13H21NO4S/c1-11-4-6-12(7-5-11)19(16,17)14-10-13(2,15)8-9-18-3/h4-7,14-15H,8-10H2,1-3H3. The third kappa shape index (κ3) is 5.28. The van der Waals surface area contributed by atoms with Gasteiger partial charge in [0.1, 0.15) is 0 Å². The van der Waals surface area contributed by atoms with E-state index in [-0.39, 0.29) is 11.4 Å². The van der Waals surface area contributed by atoms with Gasteiger partial charge >= 0.3 is 0 Å². The van der Waals surface area contributed by atoms with Crippen molar-refractivity contribution in [2.45, 2.75) is 30.8 Å². The Morgan fingerprint density at radius 3 is 2.42 bits per heavy atom. The first-order valence-electron chi connectivity index (χ1n) is 6.04. The highest BCUT2D eigenvalue weighted by atomic mass is 32.2. The summed E-state index contributed by atoms with van der Waals surface area (Å²) in [5.74, 6) is 0. The molecule has 0 saturated carbocycles. The Morgan fingerprint density at radius 1 is 1.32 bits per heavy atom. The maximum absolute atomic E-state index is 12.0. The molecule has 0 aliphatic rings. The summed E-state index contributed by atoms with van der Waals surface area (Å²) >= 11 is 0. The van der Waals surface area contributed by atoms with Gasteiger partial charge < -0.3 is 9.84 Å². The zero-order valence-electron chi connectivity index (χ0n) is 11.5. The third-order valence-corrected chi connectivity index (χ3v) is 4.24. The lowest BCUT2D eigenvalue weighted by Gasteiger charge is -2.23. The third-order valence-electron chi connectivity index (χ3n) is 2.82. The second-order valence-electron chi connectivity index (χ2n) is 4.88. The van der Waals surface area contributed by atoms with E-state index in [1.807, 2.05) is 6.92 Å². The Balaban J connectivity index is 2.68. The molecule has 1 rings (SSSR count). The Hall–Kier alpha value is -0.950. The monoisotopic (exact) mass is 287 g/mol. The molecule has 2 N–H and O–H groups in total. The van der Waals surface area contributed by atoms with Gasteiger partial charge in [-0.25, -0.2) is 13.1 Å². The quantitative estimate of drug-likeness (QED) is 0.786. The fraction of sp³-hybridized carbons (Fsp3) is 0.538. The number of ether oxygens (including phenoxy) is 1. The number of aryl methyl sites for hydroxylation is 1. The minimum atomic E-state index is -3.59. The number of hydrogen-bond acceptors (Lipinski definition) is 4. The van der Waals surface area contributed by atoms with Crippen molar-refractivity contribution in [1.82, 2.24) is 4.72 Å². The van der Waals surface area contributed by atoms with Crippen LogP contribution >= 0.6 is 0 Å². The highest BCUT2D eigenvalue weighted by molar-refractivity contribution is 7.89. The summed E-state index contributed by atoms with van der Waals surface area (Å²) in [4.78, 5) is 0.195. The van der Waals surface area contributed by atoms with Gasteiger partial charge in [0.25, 0.3) is 0 Å². The van der Waals surface area contributed by atoms with E-state index in [0.717, 1.165) is 5.56 Å². The van der Waals surface area contributed by atoms with Crippen molar-refractivity contribution in [2.75, 3.05) is 20.3 Å². The number of methoxy groups -OCH3 is 1. The van der Waals surface area contributed by atoms with Crippen LogP contribution in [0.1, 0.15) is 18.9 Å². The number of nitrogens with one attached hydrogen (secondary N) is 1. The lowest BCUT2D eigenvalue weighted by atomic mass is 10.0. The van der Waals surface area contributed by atoms with Gasteiger partial charge in [0, 0.05) is 26.7 Å². The van der Waals surface area contributed by atoms with Crippen LogP contribution in [-0.2, 0) is 14.8 Å². The predicted octanol–water partition coefficient (Wildman–Crippen LogP) is 1.06. The molecule has 0 aliphatic carbocycles. The summed E-state index contributed by atoms with van der Waals surface area (Å²) in [6.07, 6.45) is 0.361. The van der Waals surface area contributed by atoms with E-state index in [2.05, 4.69) is 4.72 Å². The van der Waals surface area contributed by atoms with Crippen molar-refractivity contribution >= 4 is 10.0 Å². The summed E-state index contributed by atoms with van der Waals surface area (Å²) in [5, 5.41) is 9.99. The largest absolute Gasteiger partial charge is 0.389 e. The Morgan fingerprint density at radius 2 is 1.89 bits per heavy atom. The number of rotatable bonds is 7. The molecule has 6 heteroatoms. The summed E-state index contributed by atoms with van der Waals surface area (Å²) in [5.41, 5.74) is -0.139. The average Bonchev–Trinajstić information content (AvgIpc) is 2.35. The molecule has 0 aliphatic heterocycles. The lowest BCUT2D eigenvalue weighted by Crippen LogP contribution is -2.41. The molecule has 0 bridgehead atoms. The second-order valence-corrected chi connectivity index (χ2v) is 6.64. The SMILES string of the molecule is COCCC(C)(O)CNS(=O)(=O)c1ccc(C)cc1. The maximum Gasteiger partial charge on any atom is 0.240 e. The van der Waals surface area contributed by atoms with Crippen LogP contribution in [0.15, 0.2) is 29.2 Å². The van der Waals surface area contributed by atoms with Crippen LogP contribution in [0.25, 0.3) is 0 Å². The van der Waals surface area contributed by atoms with Crippen molar-refractivity contribution in [3.63, 3.8) is 0 Å². The van der Waals surface area contributed by atoms with E-state index in [4.69, 9.17) is 4.74 Å². The molecule has 0 saturated heterocycles. The molecule has 1 unspecified atom stereocenters. The Labute approximate surface area is 114 Å². The van der Waals surface area contributed by atoms with Crippen molar-refractivity contribution in [1.29, 1.82) is 0 Å². The van der Waals surface area contributed by atoms with Crippen LogP contribution in [0.5, 0.6) is 0 Å². The van der Waals surface area contributed by atoms with Gasteiger partial charge in [-0.2, -0.15) is 0 Å². The molecule has 0 aromatic heterocycles. The first kappa shape index (κ1) is 16.1. The number of sulfonamides is 1. The van der Waals surface area contributed by atoms with Gasteiger partial charge in [0.05, 0.1) is 10.5 Å². The Bertz CT molecular complexity index is 494. The van der Waals surface area contributed by atoms with Crippen LogP contribution in [0.3, 0.4) is 0 Å². The molecule has 0 spiro atoms. The van der Waals surface area contributed by atoms with E-state index in [1.54, 1.807) is 31.2 Å². The van der Waals surface area contributed by atoms with Crippen LogP contribution in [0.2, 0.25) is 0 Å². The highest BCUT2D eigenvalue weighted by Gasteiger charge is 2.23. The molecular formula is C13H21NO4S. The molecule has 5 nitrogen and oxygen atoms in total. The van der Waals surface area contributed by atoms with E-state index in [1.165, 1.54) is 7.11 Å². The first-order chi connectivity index (χ1) is 8.77. The zero-order valence-corrected chi connectivity index (χ0v) is 12.3. The minimum absolute atomic E-state index is 0.0490. The van der Waals surface area contributed by atoms with Gasteiger partial charge in [-0.1, -0.05) is 17.7 Å². The summed E-state index contributed by atoms with van der Waals surface area (Å²) in [6, 6.07) is 6.55. The van der Waals surface area contributed by atoms with Gasteiger partial charge in [-0.15, -0.1) is 0 Å². The minimum Gasteiger partial charge on any atom is -0.389 e. The van der Waals surface area contributed by atoms with Gasteiger partial charge in [0.2, 0.25) is 10.0 Å². The highest BCUT2D eigenvalue weighted by Crippen LogP contribution is 2.12. The van der Waals surface area contributed by atoms with E-state index in [9.17, 15) is 13.5 Å². The molecule has 1 atom stereocenters. The second kappa shape index (κ2) is 6.47. The molecule has 108 valence electrons. The Kier molecular flexibility index (Phi) is 5.49. The van der Waals surface area contributed by atoms with Gasteiger partial charge in [0.15, 0.2) is 0 Å². The first-order valence-corrected chi connectivity index (χ1v) is 7.53. The van der Waals surface area contributed by atoms with Gasteiger partial charge in [-0.05, 0) is 26.0 Å². The molecule has 1 aromatic rings. The zero-order chi connectivity index (χ0) is 14.5. The number of hydrogen-bond donors (Lipinski definition) is 2. The van der Waals surface area contributed by atoms with Crippen molar-refractivity contribution in [3.05, 3.63) is 29.8 Å². The predicted molar refractivity (Wildman–Crippen MR) is 73.5 cm³/mol. The fourth-order valence-corrected chi connectivity index (χ4v) is 2.62. The molecular weight excluding hydrogens is 266 g/mol. The number of benzene rings is 1. The summed E-state index contributed by atoms with van der Waals surface area (Å²) in [6.45, 7) is 3.79. The van der Waals surface area contributed by atoms with E-state index >= 15 is 0 Å². The smallest absolute Gasteiger partial charge is 0.240 e. The van der Waals surface area contributed by atoms with Crippen LogP contribution in [0.4, 0.5) is 0 Å². The van der Waals surface area contributed by atoms with Crippen molar-refractivity contribution in [2.24, 2.45) is 0 Å². The lowest BCUT2D eigenvalue weighted by molar-refractivity contribution is 0.0292. The topological polar surface area (TPSA) is 75.6 Å². The van der Waals surface area contributed by atoms with Crippen LogP contribution in [0, 0.1) is 6.92 Å². The molecule has 0 radical (unpaired) electrons.